The van der Waals surface area contributed by atoms with E-state index in [0.717, 1.165) is 23.7 Å². The molecule has 0 saturated carbocycles. The molecule has 0 amide bonds. The van der Waals surface area contributed by atoms with Gasteiger partial charge in [-0.25, -0.2) is 8.42 Å². The predicted molar refractivity (Wildman–Crippen MR) is 79.2 cm³/mol. The average molecular weight is 277 g/mol. The second-order valence-corrected chi connectivity index (χ2v) is 6.69. The van der Waals surface area contributed by atoms with Gasteiger partial charge >= 0.3 is 0 Å². The standard InChI is InChI=1S/C15H19NO2S/c1-2-9-16-10-11-19(17,18)15-8-7-13-5-3-4-6-14(13)12-15/h3-8,12,16H,2,9-11H2,1H3. The van der Waals surface area contributed by atoms with Crippen LogP contribution in [0.5, 0.6) is 0 Å². The van der Waals surface area contributed by atoms with E-state index in [2.05, 4.69) is 12.2 Å². The van der Waals surface area contributed by atoms with Gasteiger partial charge in [0, 0.05) is 6.54 Å². The lowest BCUT2D eigenvalue weighted by atomic mass is 10.1. The molecule has 0 radical (unpaired) electrons. The third-order valence-corrected chi connectivity index (χ3v) is 4.77. The summed E-state index contributed by atoms with van der Waals surface area (Å²) < 4.78 is 24.4. The highest BCUT2D eigenvalue weighted by atomic mass is 32.2. The predicted octanol–water partition coefficient (Wildman–Crippen LogP) is 2.61. The maximum atomic E-state index is 12.2. The highest BCUT2D eigenvalue weighted by Crippen LogP contribution is 2.19. The molecule has 0 fully saturated rings. The lowest BCUT2D eigenvalue weighted by molar-refractivity contribution is 0.590. The summed E-state index contributed by atoms with van der Waals surface area (Å²) in [7, 11) is -3.19. The number of hydrogen-bond acceptors (Lipinski definition) is 3. The fraction of sp³-hybridized carbons (Fsp3) is 0.333. The molecule has 1 N–H and O–H groups in total. The van der Waals surface area contributed by atoms with Crippen LogP contribution in [0, 0.1) is 0 Å². The number of hydrogen-bond donors (Lipinski definition) is 1. The molecular weight excluding hydrogens is 258 g/mol. The van der Waals surface area contributed by atoms with Crippen molar-refractivity contribution in [1.29, 1.82) is 0 Å². The van der Waals surface area contributed by atoms with Crippen molar-refractivity contribution in [2.24, 2.45) is 0 Å². The number of nitrogens with one attached hydrogen (secondary N) is 1. The van der Waals surface area contributed by atoms with E-state index in [1.807, 2.05) is 30.3 Å². The van der Waals surface area contributed by atoms with E-state index < -0.39 is 9.84 Å². The van der Waals surface area contributed by atoms with Crippen molar-refractivity contribution in [1.82, 2.24) is 5.32 Å². The van der Waals surface area contributed by atoms with Crippen LogP contribution in [0.3, 0.4) is 0 Å². The molecular formula is C15H19NO2S. The van der Waals surface area contributed by atoms with Crippen LogP contribution in [-0.4, -0.2) is 27.3 Å². The summed E-state index contributed by atoms with van der Waals surface area (Å²) in [4.78, 5) is 0.407. The summed E-state index contributed by atoms with van der Waals surface area (Å²) >= 11 is 0. The number of sulfone groups is 1. The van der Waals surface area contributed by atoms with E-state index in [9.17, 15) is 8.42 Å². The van der Waals surface area contributed by atoms with Crippen molar-refractivity contribution < 1.29 is 8.42 Å². The van der Waals surface area contributed by atoms with E-state index in [4.69, 9.17) is 0 Å². The molecule has 0 unspecified atom stereocenters. The van der Waals surface area contributed by atoms with Gasteiger partial charge in [-0.2, -0.15) is 0 Å². The van der Waals surface area contributed by atoms with Crippen LogP contribution in [0.15, 0.2) is 47.4 Å². The Kier molecular flexibility index (Phi) is 4.56. The molecule has 2 aromatic rings. The normalized spacial score (nSPS) is 11.8. The quantitative estimate of drug-likeness (QED) is 0.826. The van der Waals surface area contributed by atoms with E-state index in [1.165, 1.54) is 0 Å². The van der Waals surface area contributed by atoms with Crippen LogP contribution in [-0.2, 0) is 9.84 Å². The van der Waals surface area contributed by atoms with Crippen LogP contribution in [0.25, 0.3) is 10.8 Å². The molecule has 3 nitrogen and oxygen atoms in total. The van der Waals surface area contributed by atoms with Gasteiger partial charge in [0.25, 0.3) is 0 Å². The molecule has 2 rings (SSSR count). The van der Waals surface area contributed by atoms with Crippen LogP contribution < -0.4 is 5.32 Å². The van der Waals surface area contributed by atoms with E-state index in [0.29, 0.717) is 11.4 Å². The van der Waals surface area contributed by atoms with E-state index in [-0.39, 0.29) is 5.75 Å². The van der Waals surface area contributed by atoms with Crippen molar-refractivity contribution in [2.75, 3.05) is 18.8 Å². The topological polar surface area (TPSA) is 46.2 Å². The van der Waals surface area contributed by atoms with E-state index in [1.54, 1.807) is 12.1 Å². The Morgan fingerprint density at radius 2 is 1.74 bits per heavy atom. The van der Waals surface area contributed by atoms with Gasteiger partial charge in [0.05, 0.1) is 10.6 Å². The zero-order chi connectivity index (χ0) is 13.7. The lowest BCUT2D eigenvalue weighted by Crippen LogP contribution is -2.23. The number of benzene rings is 2. The molecule has 0 aliphatic rings. The largest absolute Gasteiger partial charge is 0.316 e. The van der Waals surface area contributed by atoms with Crippen molar-refractivity contribution >= 4 is 20.6 Å². The first-order chi connectivity index (χ1) is 9.13. The van der Waals surface area contributed by atoms with Gasteiger partial charge in [0.1, 0.15) is 0 Å². The summed E-state index contributed by atoms with van der Waals surface area (Å²) in [5.41, 5.74) is 0. The molecule has 0 aliphatic carbocycles. The Morgan fingerprint density at radius 1 is 1.00 bits per heavy atom. The van der Waals surface area contributed by atoms with Crippen molar-refractivity contribution in [2.45, 2.75) is 18.2 Å². The minimum atomic E-state index is -3.19. The van der Waals surface area contributed by atoms with Crippen LogP contribution >= 0.6 is 0 Å². The summed E-state index contributed by atoms with van der Waals surface area (Å²) in [5, 5.41) is 5.14. The molecule has 0 heterocycles. The van der Waals surface area contributed by atoms with Crippen molar-refractivity contribution in [3.63, 3.8) is 0 Å². The summed E-state index contributed by atoms with van der Waals surface area (Å²) in [5.74, 6) is 0.144. The molecule has 102 valence electrons. The van der Waals surface area contributed by atoms with Gasteiger partial charge in [-0.15, -0.1) is 0 Å². The Hall–Kier alpha value is -1.39. The average Bonchev–Trinajstić information content (AvgIpc) is 2.43. The third-order valence-electron chi connectivity index (χ3n) is 3.05. The highest BCUT2D eigenvalue weighted by Gasteiger charge is 2.14. The molecule has 2 aromatic carbocycles. The van der Waals surface area contributed by atoms with Crippen LogP contribution in [0.2, 0.25) is 0 Å². The van der Waals surface area contributed by atoms with Gasteiger partial charge < -0.3 is 5.32 Å². The van der Waals surface area contributed by atoms with Gasteiger partial charge in [0.2, 0.25) is 0 Å². The second kappa shape index (κ2) is 6.17. The number of rotatable bonds is 6. The first-order valence-electron chi connectivity index (χ1n) is 6.56. The van der Waals surface area contributed by atoms with Gasteiger partial charge in [-0.3, -0.25) is 0 Å². The van der Waals surface area contributed by atoms with Crippen LogP contribution in [0.1, 0.15) is 13.3 Å². The van der Waals surface area contributed by atoms with Gasteiger partial charge in [-0.05, 0) is 35.9 Å². The molecule has 0 aliphatic heterocycles. The molecule has 0 atom stereocenters. The lowest BCUT2D eigenvalue weighted by Gasteiger charge is -2.07. The summed E-state index contributed by atoms with van der Waals surface area (Å²) in [6.07, 6.45) is 1.01. The second-order valence-electron chi connectivity index (χ2n) is 4.58. The molecule has 0 spiro atoms. The highest BCUT2D eigenvalue weighted by molar-refractivity contribution is 7.91. The fourth-order valence-corrected chi connectivity index (χ4v) is 3.22. The zero-order valence-electron chi connectivity index (χ0n) is 11.1. The van der Waals surface area contributed by atoms with Crippen molar-refractivity contribution in [3.8, 4) is 0 Å². The molecule has 0 saturated heterocycles. The molecule has 0 aromatic heterocycles. The third kappa shape index (κ3) is 3.55. The van der Waals surface area contributed by atoms with Crippen LogP contribution in [0.4, 0.5) is 0 Å². The Labute approximate surface area is 114 Å². The maximum Gasteiger partial charge on any atom is 0.179 e. The maximum absolute atomic E-state index is 12.2. The monoisotopic (exact) mass is 277 g/mol. The fourth-order valence-electron chi connectivity index (χ4n) is 1.99. The molecule has 19 heavy (non-hydrogen) atoms. The minimum absolute atomic E-state index is 0.144. The minimum Gasteiger partial charge on any atom is -0.316 e. The zero-order valence-corrected chi connectivity index (χ0v) is 11.9. The SMILES string of the molecule is CCCNCCS(=O)(=O)c1ccc2ccccc2c1. The van der Waals surface area contributed by atoms with Crippen molar-refractivity contribution in [3.05, 3.63) is 42.5 Å². The van der Waals surface area contributed by atoms with Gasteiger partial charge in [-0.1, -0.05) is 37.3 Å². The Morgan fingerprint density at radius 3 is 2.47 bits per heavy atom. The Balaban J connectivity index is 2.18. The first-order valence-corrected chi connectivity index (χ1v) is 8.21. The summed E-state index contributed by atoms with van der Waals surface area (Å²) in [6, 6.07) is 13.1. The molecule has 4 heteroatoms. The van der Waals surface area contributed by atoms with Gasteiger partial charge in [0.15, 0.2) is 9.84 Å². The van der Waals surface area contributed by atoms with E-state index >= 15 is 0 Å². The summed E-state index contributed by atoms with van der Waals surface area (Å²) in [6.45, 7) is 3.42. The molecule has 0 bridgehead atoms. The number of fused-ring (bicyclic) bond motifs is 1. The Bertz CT molecular complexity index is 650. The first kappa shape index (κ1) is 14.0. The smallest absolute Gasteiger partial charge is 0.179 e.